The zero-order chi connectivity index (χ0) is 23.5. The zero-order valence-corrected chi connectivity index (χ0v) is 18.2. The molecule has 0 saturated carbocycles. The van der Waals surface area contributed by atoms with Crippen LogP contribution in [0.2, 0.25) is 0 Å². The van der Waals surface area contributed by atoms with Crippen molar-refractivity contribution in [2.75, 3.05) is 17.2 Å². The van der Waals surface area contributed by atoms with Crippen LogP contribution in [0.3, 0.4) is 0 Å². The van der Waals surface area contributed by atoms with Gasteiger partial charge in [0.05, 0.1) is 29.7 Å². The van der Waals surface area contributed by atoms with Gasteiger partial charge in [0.15, 0.2) is 11.3 Å². The van der Waals surface area contributed by atoms with Gasteiger partial charge in [0, 0.05) is 0 Å². The number of hydrogen-bond acceptors (Lipinski definition) is 11. The summed E-state index contributed by atoms with van der Waals surface area (Å²) >= 11 is 2.10. The Morgan fingerprint density at radius 1 is 0.969 bits per heavy atom. The molecule has 11 N–H and O–H groups in total. The van der Waals surface area contributed by atoms with Crippen molar-refractivity contribution in [2.45, 2.75) is 0 Å². The summed E-state index contributed by atoms with van der Waals surface area (Å²) in [5, 5.41) is 20.6. The smallest absolute Gasteiger partial charge is 0.246 e. The van der Waals surface area contributed by atoms with E-state index in [1.165, 1.54) is 18.9 Å². The molecule has 5 aromatic rings. The van der Waals surface area contributed by atoms with Gasteiger partial charge in [-0.2, -0.15) is 15.3 Å². The number of hydrogen-bond donors (Lipinski definition) is 7. The Morgan fingerprint density at radius 3 is 2.19 bits per heavy atom. The molecule has 0 aromatic carbocycles. The molecule has 0 aliphatic carbocycles. The number of fused-ring (bicyclic) bond motifs is 2. The van der Waals surface area contributed by atoms with Crippen LogP contribution in [-0.2, 0) is 4.79 Å². The van der Waals surface area contributed by atoms with Crippen LogP contribution in [0.1, 0.15) is 0 Å². The highest BCUT2D eigenvalue weighted by Crippen LogP contribution is 2.19. The first kappa shape index (κ1) is 23.7. The van der Waals surface area contributed by atoms with Crippen molar-refractivity contribution < 1.29 is 4.79 Å². The average Bonchev–Trinajstić information content (AvgIpc) is 3.51. The minimum absolute atomic E-state index is 0.250. The predicted molar refractivity (Wildman–Crippen MR) is 124 cm³/mol. The molecule has 5 aromatic heterocycles. The maximum atomic E-state index is 8.58. The Labute approximate surface area is 192 Å². The van der Waals surface area contributed by atoms with Gasteiger partial charge in [0.1, 0.15) is 33.8 Å². The second-order valence-electron chi connectivity index (χ2n) is 5.30. The van der Waals surface area contributed by atoms with Gasteiger partial charge in [0.25, 0.3) is 0 Å². The van der Waals surface area contributed by atoms with E-state index in [4.69, 9.17) is 28.6 Å². The van der Waals surface area contributed by atoms with Crippen molar-refractivity contribution in [3.05, 3.63) is 40.2 Å². The van der Waals surface area contributed by atoms with Crippen molar-refractivity contribution in [3.8, 4) is 0 Å². The van der Waals surface area contributed by atoms with Gasteiger partial charge in [-0.3, -0.25) is 20.1 Å². The van der Waals surface area contributed by atoms with Crippen molar-refractivity contribution in [1.82, 2.24) is 50.5 Å². The third-order valence-electron chi connectivity index (χ3n) is 3.38. The highest BCUT2D eigenvalue weighted by Gasteiger charge is 2.06. The molecule has 16 nitrogen and oxygen atoms in total. The lowest BCUT2D eigenvalue weighted by molar-refractivity contribution is -0.106. The fraction of sp³-hybridized carbons (Fsp3) is 0. The van der Waals surface area contributed by atoms with Crippen LogP contribution >= 0.6 is 22.6 Å². The number of amides is 1. The third kappa shape index (κ3) is 5.95. The number of H-pyrrole nitrogens is 3. The number of nitrogens with two attached hydrogens (primary N) is 4. The number of nitrogens with zero attached hydrogens (tertiary/aromatic N) is 8. The molecule has 5 rings (SSSR count). The van der Waals surface area contributed by atoms with E-state index in [9.17, 15) is 0 Å². The molecule has 0 bridgehead atoms. The molecule has 0 spiro atoms. The number of rotatable bonds is 0. The lowest BCUT2D eigenvalue weighted by Gasteiger charge is -1.90. The number of aromatic amines is 3. The Kier molecular flexibility index (Phi) is 8.55. The van der Waals surface area contributed by atoms with E-state index in [0.717, 1.165) is 14.5 Å². The molecule has 5 heterocycles. The molecule has 0 aliphatic heterocycles. The van der Waals surface area contributed by atoms with E-state index in [1.807, 2.05) is 0 Å². The van der Waals surface area contributed by atoms with Gasteiger partial charge >= 0.3 is 0 Å². The van der Waals surface area contributed by atoms with Crippen LogP contribution in [-0.4, -0.2) is 56.9 Å². The Balaban J connectivity index is 0.000000162. The van der Waals surface area contributed by atoms with Gasteiger partial charge in [-0.25, -0.2) is 24.8 Å². The molecule has 0 aliphatic rings. The number of aromatic nitrogens is 10. The van der Waals surface area contributed by atoms with Crippen LogP contribution in [0.15, 0.2) is 25.0 Å². The standard InChI is InChI=1S/C5H4IN5.C5H5N5.C4H4N4.CH3NO/c6-3-2-4(7)8-1-9-5(2)11-10-3;6-4-3-1-9-10-5(3)8-2-7-4;1-6-3-2-7-8-4(3)5;2-1-3/h1H,(H3,7,8,9,10,11);1-2H,(H3,6,7,8,9,10);2H,(H3,5,7,8);1H,(H2,2,3). The third-order valence-corrected chi connectivity index (χ3v) is 4.16. The van der Waals surface area contributed by atoms with Crippen molar-refractivity contribution >= 4 is 74.2 Å². The number of primary amides is 1. The van der Waals surface area contributed by atoms with Gasteiger partial charge < -0.3 is 22.9 Å². The number of nitrogen functional groups attached to an aromatic ring is 3. The first-order valence-electron chi connectivity index (χ1n) is 8.24. The van der Waals surface area contributed by atoms with E-state index in [1.54, 1.807) is 6.20 Å². The van der Waals surface area contributed by atoms with Crippen LogP contribution < -0.4 is 22.9 Å². The molecule has 0 fully saturated rings. The molecule has 0 atom stereocenters. The quantitative estimate of drug-likeness (QED) is 0.0774. The maximum Gasteiger partial charge on any atom is 0.246 e. The summed E-state index contributed by atoms with van der Waals surface area (Å²) in [5.41, 5.74) is 22.1. The Bertz CT molecular complexity index is 1330. The van der Waals surface area contributed by atoms with Gasteiger partial charge in [-0.1, -0.05) is 0 Å². The molecule has 0 unspecified atom stereocenters. The summed E-state index contributed by atoms with van der Waals surface area (Å²) in [4.78, 5) is 27.1. The minimum Gasteiger partial charge on any atom is -0.393 e. The van der Waals surface area contributed by atoms with E-state index < -0.39 is 0 Å². The lowest BCUT2D eigenvalue weighted by Crippen LogP contribution is -1.91. The van der Waals surface area contributed by atoms with Crippen LogP contribution in [0, 0.1) is 10.3 Å². The summed E-state index contributed by atoms with van der Waals surface area (Å²) in [7, 11) is 0. The highest BCUT2D eigenvalue weighted by atomic mass is 127. The largest absolute Gasteiger partial charge is 0.393 e. The van der Waals surface area contributed by atoms with E-state index in [0.29, 0.717) is 34.4 Å². The molecule has 0 radical (unpaired) electrons. The fourth-order valence-corrected chi connectivity index (χ4v) is 2.64. The fourth-order valence-electron chi connectivity index (χ4n) is 2.01. The van der Waals surface area contributed by atoms with Gasteiger partial charge in [-0.15, -0.1) is 0 Å². The second-order valence-corrected chi connectivity index (χ2v) is 6.38. The first-order valence-corrected chi connectivity index (χ1v) is 9.32. The molecular formula is C15H16IN15O. The van der Waals surface area contributed by atoms with Gasteiger partial charge in [0.2, 0.25) is 12.1 Å². The predicted octanol–water partition coefficient (Wildman–Crippen LogP) is 0.119. The normalized spacial score (nSPS) is 9.38. The summed E-state index contributed by atoms with van der Waals surface area (Å²) < 4.78 is 0.871. The summed E-state index contributed by atoms with van der Waals surface area (Å²) in [6.07, 6.45) is 6.04. The Hall–Kier alpha value is -4.60. The molecule has 0 saturated heterocycles. The number of carbonyl (C=O) groups excluding carboxylic acids is 1. The highest BCUT2D eigenvalue weighted by molar-refractivity contribution is 14.1. The van der Waals surface area contributed by atoms with Crippen molar-refractivity contribution in [3.63, 3.8) is 0 Å². The van der Waals surface area contributed by atoms with E-state index in [2.05, 4.69) is 83.7 Å². The summed E-state index contributed by atoms with van der Waals surface area (Å²) in [6.45, 7) is 6.49. The number of halogens is 1. The SMILES string of the molecule is NC=O.Nc1ncnc2[nH]ncc12.Nc1ncnc2n[nH]c(I)c12.[C-]#[N+]c1cn[nH]c1N. The van der Waals surface area contributed by atoms with Crippen LogP contribution in [0.4, 0.5) is 23.1 Å². The molecular weight excluding hydrogens is 533 g/mol. The molecule has 164 valence electrons. The van der Waals surface area contributed by atoms with E-state index >= 15 is 0 Å². The number of nitrogens with one attached hydrogen (secondary N) is 3. The van der Waals surface area contributed by atoms with Crippen molar-refractivity contribution in [2.24, 2.45) is 5.73 Å². The van der Waals surface area contributed by atoms with Gasteiger partial charge in [-0.05, 0) is 22.6 Å². The van der Waals surface area contributed by atoms with E-state index in [-0.39, 0.29) is 6.41 Å². The molecule has 17 heteroatoms. The van der Waals surface area contributed by atoms with Crippen LogP contribution in [0.25, 0.3) is 26.9 Å². The minimum atomic E-state index is 0.250. The maximum absolute atomic E-state index is 8.58. The Morgan fingerprint density at radius 2 is 1.62 bits per heavy atom. The zero-order valence-electron chi connectivity index (χ0n) is 16.1. The first-order chi connectivity index (χ1) is 15.4. The monoisotopic (exact) mass is 549 g/mol. The lowest BCUT2D eigenvalue weighted by atomic mass is 10.4. The molecule has 1 amide bonds. The number of anilines is 3. The summed E-state index contributed by atoms with van der Waals surface area (Å²) in [5.74, 6) is 1.26. The summed E-state index contributed by atoms with van der Waals surface area (Å²) in [6, 6.07) is 0. The van der Waals surface area contributed by atoms with Crippen LogP contribution in [0.5, 0.6) is 0 Å². The second kappa shape index (κ2) is 11.6. The number of carbonyl (C=O) groups is 1. The molecule has 32 heavy (non-hydrogen) atoms. The topological polar surface area (TPSA) is 263 Å². The average molecular weight is 549 g/mol. The van der Waals surface area contributed by atoms with Crippen molar-refractivity contribution in [1.29, 1.82) is 0 Å².